The van der Waals surface area contributed by atoms with Gasteiger partial charge in [0.05, 0.1) is 27.8 Å². The fraction of sp³-hybridized carbons (Fsp3) is 0.286. The van der Waals surface area contributed by atoms with Crippen LogP contribution in [0.2, 0.25) is 10.0 Å². The summed E-state index contributed by atoms with van der Waals surface area (Å²) in [5.74, 6) is -0.0946. The summed E-state index contributed by atoms with van der Waals surface area (Å²) in [6.45, 7) is 4.05. The molecule has 0 unspecified atom stereocenters. The molecule has 2 aromatic rings. The Labute approximate surface area is 127 Å². The number of nitrogen functional groups attached to an aromatic ring is 1. The molecule has 2 rings (SSSR count). The number of anilines is 1. The molecule has 0 atom stereocenters. The highest BCUT2D eigenvalue weighted by atomic mass is 35.5. The highest BCUT2D eigenvalue weighted by Crippen LogP contribution is 2.29. The van der Waals surface area contributed by atoms with Gasteiger partial charge in [-0.2, -0.15) is 5.10 Å². The van der Waals surface area contributed by atoms with Crippen molar-refractivity contribution in [2.75, 3.05) is 5.73 Å². The van der Waals surface area contributed by atoms with E-state index < -0.39 is 0 Å². The lowest BCUT2D eigenvalue weighted by Gasteiger charge is -2.06. The lowest BCUT2D eigenvalue weighted by molar-refractivity contribution is 0.0991. The zero-order valence-electron chi connectivity index (χ0n) is 11.2. The van der Waals surface area contributed by atoms with Gasteiger partial charge in [-0.25, -0.2) is 0 Å². The SMILES string of the molecule is CC(C)n1ccc(CC(=O)c2cc(Cl)c(N)c(Cl)c2)n1. The molecule has 0 fully saturated rings. The van der Waals surface area contributed by atoms with E-state index in [0.29, 0.717) is 11.3 Å². The molecule has 20 heavy (non-hydrogen) atoms. The van der Waals surface area contributed by atoms with Crippen LogP contribution in [0.15, 0.2) is 24.4 Å². The van der Waals surface area contributed by atoms with Crippen LogP contribution < -0.4 is 5.73 Å². The molecule has 0 aliphatic carbocycles. The minimum atomic E-state index is -0.0946. The van der Waals surface area contributed by atoms with Crippen molar-refractivity contribution < 1.29 is 4.79 Å². The van der Waals surface area contributed by atoms with Gasteiger partial charge in [0, 0.05) is 17.8 Å². The maximum atomic E-state index is 12.2. The van der Waals surface area contributed by atoms with Gasteiger partial charge in [0.1, 0.15) is 0 Å². The number of carbonyl (C=O) groups is 1. The molecule has 0 saturated carbocycles. The summed E-state index contributed by atoms with van der Waals surface area (Å²) in [5.41, 5.74) is 7.09. The Hall–Kier alpha value is -1.52. The largest absolute Gasteiger partial charge is 0.396 e. The number of hydrogen-bond acceptors (Lipinski definition) is 3. The third-order valence-electron chi connectivity index (χ3n) is 2.94. The summed E-state index contributed by atoms with van der Waals surface area (Å²) in [5, 5.41) is 4.91. The Kier molecular flexibility index (Phi) is 4.35. The predicted molar refractivity (Wildman–Crippen MR) is 81.5 cm³/mol. The monoisotopic (exact) mass is 311 g/mol. The van der Waals surface area contributed by atoms with Gasteiger partial charge in [-0.05, 0) is 32.0 Å². The molecule has 1 aromatic carbocycles. The fourth-order valence-electron chi connectivity index (χ4n) is 1.77. The minimum absolute atomic E-state index is 0.0946. The van der Waals surface area contributed by atoms with E-state index in [1.54, 1.807) is 0 Å². The fourth-order valence-corrected chi connectivity index (χ4v) is 2.26. The topological polar surface area (TPSA) is 60.9 Å². The first-order valence-corrected chi connectivity index (χ1v) is 6.96. The molecule has 2 N–H and O–H groups in total. The molecular weight excluding hydrogens is 297 g/mol. The maximum absolute atomic E-state index is 12.2. The molecule has 0 spiro atoms. The molecule has 0 bridgehead atoms. The van der Waals surface area contributed by atoms with Crippen LogP contribution in [0.5, 0.6) is 0 Å². The molecule has 0 aliphatic heterocycles. The van der Waals surface area contributed by atoms with Crippen molar-refractivity contribution in [2.24, 2.45) is 0 Å². The Morgan fingerprint density at radius 2 is 1.95 bits per heavy atom. The van der Waals surface area contributed by atoms with Crippen LogP contribution in [0.3, 0.4) is 0 Å². The van der Waals surface area contributed by atoms with Gasteiger partial charge >= 0.3 is 0 Å². The van der Waals surface area contributed by atoms with Crippen LogP contribution in [-0.4, -0.2) is 15.6 Å². The molecule has 1 aromatic heterocycles. The molecular formula is C14H15Cl2N3O. The van der Waals surface area contributed by atoms with Crippen molar-refractivity contribution in [1.29, 1.82) is 0 Å². The number of nitrogens with zero attached hydrogens (tertiary/aromatic N) is 2. The highest BCUT2D eigenvalue weighted by molar-refractivity contribution is 6.39. The lowest BCUT2D eigenvalue weighted by Crippen LogP contribution is -2.07. The van der Waals surface area contributed by atoms with Crippen LogP contribution in [0, 0.1) is 0 Å². The average molecular weight is 312 g/mol. The number of nitrogens with two attached hydrogens (primary N) is 1. The molecule has 0 aliphatic rings. The summed E-state index contributed by atoms with van der Waals surface area (Å²) in [6, 6.07) is 5.16. The van der Waals surface area contributed by atoms with E-state index in [9.17, 15) is 4.79 Å². The summed E-state index contributed by atoms with van der Waals surface area (Å²) in [4.78, 5) is 12.2. The van der Waals surface area contributed by atoms with E-state index in [2.05, 4.69) is 5.10 Å². The second-order valence-corrected chi connectivity index (χ2v) is 5.65. The summed E-state index contributed by atoms with van der Waals surface area (Å²) in [6.07, 6.45) is 2.06. The Morgan fingerprint density at radius 1 is 1.35 bits per heavy atom. The molecule has 0 amide bonds. The summed E-state index contributed by atoms with van der Waals surface area (Å²) in [7, 11) is 0. The van der Waals surface area contributed by atoms with Crippen molar-refractivity contribution in [3.8, 4) is 0 Å². The standard InChI is InChI=1S/C14H15Cl2N3O/c1-8(2)19-4-3-10(18-19)7-13(20)9-5-11(15)14(17)12(16)6-9/h3-6,8H,7,17H2,1-2H3. The first kappa shape index (κ1) is 14.9. The van der Waals surface area contributed by atoms with Crippen molar-refractivity contribution >= 4 is 34.7 Å². The van der Waals surface area contributed by atoms with Crippen LogP contribution in [0.4, 0.5) is 5.69 Å². The summed E-state index contributed by atoms with van der Waals surface area (Å²) < 4.78 is 1.81. The smallest absolute Gasteiger partial charge is 0.168 e. The van der Waals surface area contributed by atoms with E-state index >= 15 is 0 Å². The van der Waals surface area contributed by atoms with Crippen molar-refractivity contribution in [1.82, 2.24) is 9.78 Å². The van der Waals surface area contributed by atoms with Crippen LogP contribution >= 0.6 is 23.2 Å². The van der Waals surface area contributed by atoms with E-state index in [1.807, 2.05) is 30.8 Å². The minimum Gasteiger partial charge on any atom is -0.396 e. The van der Waals surface area contributed by atoms with E-state index in [0.717, 1.165) is 0 Å². The van der Waals surface area contributed by atoms with Gasteiger partial charge in [-0.3, -0.25) is 9.48 Å². The van der Waals surface area contributed by atoms with E-state index in [-0.39, 0.29) is 34.0 Å². The third kappa shape index (κ3) is 3.14. The van der Waals surface area contributed by atoms with E-state index in [4.69, 9.17) is 28.9 Å². The number of Topliss-reactive ketones (excluding diaryl/α,β-unsaturated/α-hetero) is 1. The van der Waals surface area contributed by atoms with Crippen molar-refractivity contribution in [2.45, 2.75) is 26.3 Å². The number of rotatable bonds is 4. The van der Waals surface area contributed by atoms with Crippen molar-refractivity contribution in [3.05, 3.63) is 45.7 Å². The Morgan fingerprint density at radius 3 is 2.45 bits per heavy atom. The molecule has 4 nitrogen and oxygen atoms in total. The maximum Gasteiger partial charge on any atom is 0.168 e. The Balaban J connectivity index is 2.19. The van der Waals surface area contributed by atoms with Crippen LogP contribution in [0.25, 0.3) is 0 Å². The first-order chi connectivity index (χ1) is 9.38. The average Bonchev–Trinajstić information content (AvgIpc) is 2.84. The van der Waals surface area contributed by atoms with Gasteiger partial charge in [0.25, 0.3) is 0 Å². The van der Waals surface area contributed by atoms with Gasteiger partial charge in [-0.15, -0.1) is 0 Å². The number of ketones is 1. The summed E-state index contributed by atoms with van der Waals surface area (Å²) >= 11 is 11.9. The van der Waals surface area contributed by atoms with Gasteiger partial charge < -0.3 is 5.73 Å². The van der Waals surface area contributed by atoms with Gasteiger partial charge in [0.2, 0.25) is 0 Å². The number of hydrogen-bond donors (Lipinski definition) is 1. The van der Waals surface area contributed by atoms with Crippen molar-refractivity contribution in [3.63, 3.8) is 0 Å². The predicted octanol–water partition coefficient (Wildman–Crippen LogP) is 3.78. The van der Waals surface area contributed by atoms with E-state index in [1.165, 1.54) is 12.1 Å². The highest BCUT2D eigenvalue weighted by Gasteiger charge is 2.13. The second-order valence-electron chi connectivity index (χ2n) is 4.83. The normalized spacial score (nSPS) is 11.1. The molecule has 1 heterocycles. The number of benzene rings is 1. The Bertz CT molecular complexity index is 627. The first-order valence-electron chi connectivity index (χ1n) is 6.20. The third-order valence-corrected chi connectivity index (χ3v) is 3.56. The number of carbonyl (C=O) groups excluding carboxylic acids is 1. The molecule has 0 radical (unpaired) electrons. The lowest BCUT2D eigenvalue weighted by atomic mass is 10.1. The van der Waals surface area contributed by atoms with Crippen LogP contribution in [0.1, 0.15) is 35.9 Å². The van der Waals surface area contributed by atoms with Crippen LogP contribution in [-0.2, 0) is 6.42 Å². The molecule has 0 saturated heterocycles. The van der Waals surface area contributed by atoms with Gasteiger partial charge in [0.15, 0.2) is 5.78 Å². The second kappa shape index (κ2) is 5.85. The van der Waals surface area contributed by atoms with Gasteiger partial charge in [-0.1, -0.05) is 23.2 Å². The molecule has 106 valence electrons. The number of halogens is 2. The molecule has 6 heteroatoms. The number of aromatic nitrogens is 2. The zero-order valence-corrected chi connectivity index (χ0v) is 12.7. The zero-order chi connectivity index (χ0) is 14.9. The quantitative estimate of drug-likeness (QED) is 0.690.